The number of pyridine rings is 1. The average Bonchev–Trinajstić information content (AvgIpc) is 2.76. The number of benzene rings is 1. The summed E-state index contributed by atoms with van der Waals surface area (Å²) in [6.07, 6.45) is 6.12. The maximum absolute atomic E-state index is 4.75. The Bertz CT molecular complexity index is 726. The van der Waals surface area contributed by atoms with Gasteiger partial charge in [0.25, 0.3) is 0 Å². The van der Waals surface area contributed by atoms with Crippen LogP contribution in [0.3, 0.4) is 0 Å². The van der Waals surface area contributed by atoms with Crippen molar-refractivity contribution in [3.05, 3.63) is 53.7 Å². The highest BCUT2D eigenvalue weighted by molar-refractivity contribution is 5.59. The summed E-state index contributed by atoms with van der Waals surface area (Å²) < 4.78 is 0. The van der Waals surface area contributed by atoms with Crippen LogP contribution in [0, 0.1) is 0 Å². The molecule has 0 amide bonds. The van der Waals surface area contributed by atoms with Crippen LogP contribution in [-0.2, 0) is 6.54 Å². The van der Waals surface area contributed by atoms with Gasteiger partial charge in [0, 0.05) is 50.5 Å². The largest absolute Gasteiger partial charge is 0.304 e. The predicted molar refractivity (Wildman–Crippen MR) is 116 cm³/mol. The zero-order valence-corrected chi connectivity index (χ0v) is 17.5. The number of likely N-dealkylation sites (tertiary alicyclic amines) is 1. The molecule has 4 rings (SSSR count). The lowest BCUT2D eigenvalue weighted by molar-refractivity contribution is 0.148. The van der Waals surface area contributed by atoms with E-state index < -0.39 is 0 Å². The molecule has 28 heavy (non-hydrogen) atoms. The molecule has 1 aromatic carbocycles. The van der Waals surface area contributed by atoms with E-state index >= 15 is 0 Å². The Morgan fingerprint density at radius 3 is 2.21 bits per heavy atom. The van der Waals surface area contributed by atoms with Gasteiger partial charge in [-0.2, -0.15) is 0 Å². The van der Waals surface area contributed by atoms with Gasteiger partial charge in [-0.25, -0.2) is 0 Å². The highest BCUT2D eigenvalue weighted by Crippen LogP contribution is 2.26. The Morgan fingerprint density at radius 2 is 1.57 bits per heavy atom. The van der Waals surface area contributed by atoms with E-state index in [4.69, 9.17) is 4.98 Å². The van der Waals surface area contributed by atoms with Gasteiger partial charge in [0.15, 0.2) is 0 Å². The molecular weight excluding hydrogens is 344 g/mol. The first-order chi connectivity index (χ1) is 13.7. The molecule has 2 saturated heterocycles. The molecule has 4 heteroatoms. The monoisotopic (exact) mass is 378 g/mol. The van der Waals surface area contributed by atoms with Crippen LogP contribution >= 0.6 is 0 Å². The molecule has 3 heterocycles. The molecule has 0 unspecified atom stereocenters. The fraction of sp³-hybridized carbons (Fsp3) is 0.542. The molecule has 4 nitrogen and oxygen atoms in total. The van der Waals surface area contributed by atoms with Crippen LogP contribution in [0.2, 0.25) is 0 Å². The van der Waals surface area contributed by atoms with Crippen LogP contribution in [-0.4, -0.2) is 66.0 Å². The van der Waals surface area contributed by atoms with E-state index in [1.807, 2.05) is 0 Å². The van der Waals surface area contributed by atoms with Gasteiger partial charge in [-0.3, -0.25) is 14.8 Å². The SMILES string of the molecule is C[C@H](c1ccc(-c2ccc(CN3CCN(C)CC3)cn2)cc1)N1CCCCC1. The van der Waals surface area contributed by atoms with Crippen LogP contribution in [0.5, 0.6) is 0 Å². The number of likely N-dealkylation sites (N-methyl/N-ethyl adjacent to an activating group) is 1. The first kappa shape index (κ1) is 19.6. The Balaban J connectivity index is 1.37. The van der Waals surface area contributed by atoms with Crippen molar-refractivity contribution >= 4 is 0 Å². The molecule has 2 fully saturated rings. The topological polar surface area (TPSA) is 22.6 Å². The molecule has 2 aliphatic rings. The van der Waals surface area contributed by atoms with Crippen LogP contribution in [0.25, 0.3) is 11.3 Å². The normalized spacial score (nSPS) is 20.9. The Kier molecular flexibility index (Phi) is 6.40. The summed E-state index contributed by atoms with van der Waals surface area (Å²) in [5, 5.41) is 0. The molecule has 0 bridgehead atoms. The second-order valence-corrected chi connectivity index (χ2v) is 8.53. The third kappa shape index (κ3) is 4.80. The van der Waals surface area contributed by atoms with Crippen molar-refractivity contribution in [2.24, 2.45) is 0 Å². The van der Waals surface area contributed by atoms with Gasteiger partial charge in [0.2, 0.25) is 0 Å². The van der Waals surface area contributed by atoms with Crippen molar-refractivity contribution in [1.82, 2.24) is 19.7 Å². The lowest BCUT2D eigenvalue weighted by Gasteiger charge is -2.32. The van der Waals surface area contributed by atoms with Crippen molar-refractivity contribution in [2.45, 2.75) is 38.8 Å². The molecule has 2 aliphatic heterocycles. The summed E-state index contributed by atoms with van der Waals surface area (Å²) in [6, 6.07) is 14.0. The van der Waals surface area contributed by atoms with E-state index in [0.717, 1.165) is 38.4 Å². The van der Waals surface area contributed by atoms with Gasteiger partial charge in [-0.05, 0) is 57.1 Å². The van der Waals surface area contributed by atoms with Crippen molar-refractivity contribution in [2.75, 3.05) is 46.3 Å². The summed E-state index contributed by atoms with van der Waals surface area (Å²) >= 11 is 0. The Labute approximate surface area is 170 Å². The van der Waals surface area contributed by atoms with E-state index in [0.29, 0.717) is 6.04 Å². The molecule has 150 valence electrons. The molecule has 1 aromatic heterocycles. The molecular formula is C24H34N4. The van der Waals surface area contributed by atoms with E-state index in [1.54, 1.807) is 0 Å². The highest BCUT2D eigenvalue weighted by atomic mass is 15.2. The predicted octanol–water partition coefficient (Wildman–Crippen LogP) is 4.04. The van der Waals surface area contributed by atoms with Gasteiger partial charge in [0.05, 0.1) is 5.69 Å². The second-order valence-electron chi connectivity index (χ2n) is 8.53. The number of hydrogen-bond donors (Lipinski definition) is 0. The van der Waals surface area contributed by atoms with Crippen molar-refractivity contribution in [3.8, 4) is 11.3 Å². The van der Waals surface area contributed by atoms with Crippen molar-refractivity contribution < 1.29 is 0 Å². The zero-order chi connectivity index (χ0) is 19.3. The number of nitrogens with zero attached hydrogens (tertiary/aromatic N) is 4. The molecule has 0 aliphatic carbocycles. The smallest absolute Gasteiger partial charge is 0.0702 e. The summed E-state index contributed by atoms with van der Waals surface area (Å²) in [5.41, 5.74) is 5.00. The van der Waals surface area contributed by atoms with Crippen molar-refractivity contribution in [3.63, 3.8) is 0 Å². The third-order valence-corrected chi connectivity index (χ3v) is 6.45. The fourth-order valence-electron chi connectivity index (χ4n) is 4.40. The van der Waals surface area contributed by atoms with E-state index in [-0.39, 0.29) is 0 Å². The average molecular weight is 379 g/mol. The molecule has 1 atom stereocenters. The van der Waals surface area contributed by atoms with Crippen molar-refractivity contribution in [1.29, 1.82) is 0 Å². The summed E-state index contributed by atoms with van der Waals surface area (Å²) in [4.78, 5) is 12.3. The minimum atomic E-state index is 0.508. The first-order valence-electron chi connectivity index (χ1n) is 10.9. The standard InChI is InChI=1S/C24H34N4/c1-20(28-12-4-3-5-13-28)22-7-9-23(10-8-22)24-11-6-21(18-25-24)19-27-16-14-26(2)15-17-27/h6-11,18,20H,3-5,12-17,19H2,1-2H3/t20-/m1/s1. The van der Waals surface area contributed by atoms with Gasteiger partial charge < -0.3 is 4.90 Å². The van der Waals surface area contributed by atoms with Crippen LogP contribution < -0.4 is 0 Å². The highest BCUT2D eigenvalue weighted by Gasteiger charge is 2.18. The summed E-state index contributed by atoms with van der Waals surface area (Å²) in [7, 11) is 2.20. The van der Waals surface area contributed by atoms with Crippen LogP contribution in [0.15, 0.2) is 42.6 Å². The minimum absolute atomic E-state index is 0.508. The third-order valence-electron chi connectivity index (χ3n) is 6.45. The van der Waals surface area contributed by atoms with Gasteiger partial charge in [0.1, 0.15) is 0 Å². The number of aromatic nitrogens is 1. The molecule has 0 N–H and O–H groups in total. The number of piperazine rings is 1. The molecule has 0 radical (unpaired) electrons. The van der Waals surface area contributed by atoms with E-state index in [9.17, 15) is 0 Å². The maximum Gasteiger partial charge on any atom is 0.0702 e. The van der Waals surface area contributed by atoms with E-state index in [1.165, 1.54) is 49.0 Å². The van der Waals surface area contributed by atoms with Gasteiger partial charge in [-0.15, -0.1) is 0 Å². The number of hydrogen-bond acceptors (Lipinski definition) is 4. The summed E-state index contributed by atoms with van der Waals surface area (Å²) in [5.74, 6) is 0. The number of rotatable bonds is 5. The van der Waals surface area contributed by atoms with Gasteiger partial charge in [-0.1, -0.05) is 36.8 Å². The maximum atomic E-state index is 4.75. The lowest BCUT2D eigenvalue weighted by atomic mass is 10.0. The molecule has 0 saturated carbocycles. The molecule has 0 spiro atoms. The minimum Gasteiger partial charge on any atom is -0.304 e. The van der Waals surface area contributed by atoms with Crippen LogP contribution in [0.1, 0.15) is 43.4 Å². The second kappa shape index (κ2) is 9.17. The quantitative estimate of drug-likeness (QED) is 0.783. The first-order valence-corrected chi connectivity index (χ1v) is 10.9. The van der Waals surface area contributed by atoms with Gasteiger partial charge >= 0.3 is 0 Å². The Morgan fingerprint density at radius 1 is 0.857 bits per heavy atom. The van der Waals surface area contributed by atoms with E-state index in [2.05, 4.69) is 71.3 Å². The molecule has 2 aromatic rings. The number of piperidine rings is 1. The van der Waals surface area contributed by atoms with Crippen LogP contribution in [0.4, 0.5) is 0 Å². The summed E-state index contributed by atoms with van der Waals surface area (Å²) in [6.45, 7) is 10.4. The zero-order valence-electron chi connectivity index (χ0n) is 17.5. The lowest BCUT2D eigenvalue weighted by Crippen LogP contribution is -2.43. The fourth-order valence-corrected chi connectivity index (χ4v) is 4.40. The Hall–Kier alpha value is -1.75.